The van der Waals surface area contributed by atoms with Crippen molar-refractivity contribution in [3.63, 3.8) is 0 Å². The first-order chi connectivity index (χ1) is 8.84. The molecule has 0 atom stereocenters. The first-order valence-electron chi connectivity index (χ1n) is 5.86. The van der Waals surface area contributed by atoms with Gasteiger partial charge in [0.25, 0.3) is 0 Å². The molecule has 19 heavy (non-hydrogen) atoms. The SMILES string of the molecule is CC(C)C(=O)NCCNS(=O)(=O)c1ccccc1F. The molecule has 0 bridgehead atoms. The molecule has 5 nitrogen and oxygen atoms in total. The van der Waals surface area contributed by atoms with Gasteiger partial charge in [-0.3, -0.25) is 4.79 Å². The average Bonchev–Trinajstić information content (AvgIpc) is 2.34. The highest BCUT2D eigenvalue weighted by Crippen LogP contribution is 2.12. The summed E-state index contributed by atoms with van der Waals surface area (Å²) in [4.78, 5) is 10.8. The minimum Gasteiger partial charge on any atom is -0.355 e. The van der Waals surface area contributed by atoms with Crippen molar-refractivity contribution in [2.24, 2.45) is 5.92 Å². The van der Waals surface area contributed by atoms with Gasteiger partial charge in [0.1, 0.15) is 10.7 Å². The van der Waals surface area contributed by atoms with Gasteiger partial charge in [-0.25, -0.2) is 17.5 Å². The summed E-state index contributed by atoms with van der Waals surface area (Å²) >= 11 is 0. The molecule has 1 amide bonds. The number of hydrogen-bond acceptors (Lipinski definition) is 3. The van der Waals surface area contributed by atoms with Crippen LogP contribution in [0.25, 0.3) is 0 Å². The van der Waals surface area contributed by atoms with Gasteiger partial charge < -0.3 is 5.32 Å². The summed E-state index contributed by atoms with van der Waals surface area (Å²) in [6.07, 6.45) is 0. The quantitative estimate of drug-likeness (QED) is 0.763. The molecule has 0 aliphatic heterocycles. The molecule has 0 aliphatic carbocycles. The normalized spacial score (nSPS) is 11.6. The molecule has 0 radical (unpaired) electrons. The Morgan fingerprint density at radius 2 is 1.89 bits per heavy atom. The Labute approximate surface area is 112 Å². The maximum Gasteiger partial charge on any atom is 0.243 e. The lowest BCUT2D eigenvalue weighted by Crippen LogP contribution is -2.36. The predicted molar refractivity (Wildman–Crippen MR) is 69.4 cm³/mol. The van der Waals surface area contributed by atoms with Crippen LogP contribution in [0.3, 0.4) is 0 Å². The number of benzene rings is 1. The Balaban J connectivity index is 2.53. The third-order valence-electron chi connectivity index (χ3n) is 2.37. The van der Waals surface area contributed by atoms with Crippen LogP contribution in [0.5, 0.6) is 0 Å². The standard InChI is InChI=1S/C12H17FN2O3S/c1-9(2)12(16)14-7-8-15-19(17,18)11-6-4-3-5-10(11)13/h3-6,9,15H,7-8H2,1-2H3,(H,14,16). The first kappa shape index (κ1) is 15.6. The lowest BCUT2D eigenvalue weighted by atomic mass is 10.2. The van der Waals surface area contributed by atoms with E-state index in [9.17, 15) is 17.6 Å². The van der Waals surface area contributed by atoms with Crippen LogP contribution in [0.2, 0.25) is 0 Å². The van der Waals surface area contributed by atoms with Gasteiger partial charge >= 0.3 is 0 Å². The molecular weight excluding hydrogens is 271 g/mol. The van der Waals surface area contributed by atoms with E-state index >= 15 is 0 Å². The maximum absolute atomic E-state index is 13.3. The zero-order valence-corrected chi connectivity index (χ0v) is 11.6. The topological polar surface area (TPSA) is 75.3 Å². The summed E-state index contributed by atoms with van der Waals surface area (Å²) in [6.45, 7) is 3.64. The van der Waals surface area contributed by atoms with Gasteiger partial charge in [-0.1, -0.05) is 26.0 Å². The highest BCUT2D eigenvalue weighted by molar-refractivity contribution is 7.89. The van der Waals surface area contributed by atoms with Crippen LogP contribution >= 0.6 is 0 Å². The smallest absolute Gasteiger partial charge is 0.243 e. The highest BCUT2D eigenvalue weighted by atomic mass is 32.2. The van der Waals surface area contributed by atoms with E-state index in [1.165, 1.54) is 18.2 Å². The number of amides is 1. The lowest BCUT2D eigenvalue weighted by Gasteiger charge is -2.09. The third kappa shape index (κ3) is 4.60. The van der Waals surface area contributed by atoms with Crippen LogP contribution < -0.4 is 10.0 Å². The zero-order chi connectivity index (χ0) is 14.5. The number of hydrogen-bond donors (Lipinski definition) is 2. The fraction of sp³-hybridized carbons (Fsp3) is 0.417. The van der Waals surface area contributed by atoms with Gasteiger partial charge in [-0.2, -0.15) is 0 Å². The number of carbonyl (C=O) groups excluding carboxylic acids is 1. The van der Waals surface area contributed by atoms with Crippen molar-refractivity contribution in [1.29, 1.82) is 0 Å². The Morgan fingerprint density at radius 1 is 1.26 bits per heavy atom. The summed E-state index contributed by atoms with van der Waals surface area (Å²) < 4.78 is 39.1. The second-order valence-electron chi connectivity index (χ2n) is 4.27. The van der Waals surface area contributed by atoms with Gasteiger partial charge in [-0.05, 0) is 12.1 Å². The van der Waals surface area contributed by atoms with E-state index in [1.807, 2.05) is 0 Å². The van der Waals surface area contributed by atoms with E-state index in [1.54, 1.807) is 13.8 Å². The summed E-state index contributed by atoms with van der Waals surface area (Å²) in [6, 6.07) is 5.12. The number of nitrogens with one attached hydrogen (secondary N) is 2. The Hall–Kier alpha value is -1.47. The molecule has 0 saturated carbocycles. The fourth-order valence-electron chi connectivity index (χ4n) is 1.32. The summed E-state index contributed by atoms with van der Waals surface area (Å²) in [5, 5.41) is 2.56. The van der Waals surface area contributed by atoms with Gasteiger partial charge in [-0.15, -0.1) is 0 Å². The monoisotopic (exact) mass is 288 g/mol. The third-order valence-corrected chi connectivity index (χ3v) is 3.86. The van der Waals surface area contributed by atoms with Gasteiger partial charge in [0.05, 0.1) is 0 Å². The molecule has 0 unspecified atom stereocenters. The van der Waals surface area contributed by atoms with Crippen LogP contribution in [-0.2, 0) is 14.8 Å². The van der Waals surface area contributed by atoms with Crippen LogP contribution in [0, 0.1) is 11.7 Å². The fourth-order valence-corrected chi connectivity index (χ4v) is 2.42. The molecule has 1 aromatic carbocycles. The first-order valence-corrected chi connectivity index (χ1v) is 7.35. The van der Waals surface area contributed by atoms with Crippen molar-refractivity contribution in [3.05, 3.63) is 30.1 Å². The maximum atomic E-state index is 13.3. The molecule has 0 spiro atoms. The molecule has 7 heteroatoms. The Morgan fingerprint density at radius 3 is 2.47 bits per heavy atom. The number of sulfonamides is 1. The molecule has 106 valence electrons. The minimum absolute atomic E-state index is 0.00906. The zero-order valence-electron chi connectivity index (χ0n) is 10.8. The lowest BCUT2D eigenvalue weighted by molar-refractivity contribution is -0.123. The van der Waals surface area contributed by atoms with Crippen molar-refractivity contribution in [1.82, 2.24) is 10.0 Å². The van der Waals surface area contributed by atoms with E-state index in [4.69, 9.17) is 0 Å². The number of halogens is 1. The van der Waals surface area contributed by atoms with E-state index in [0.29, 0.717) is 0 Å². The van der Waals surface area contributed by atoms with Crippen molar-refractivity contribution in [2.45, 2.75) is 18.7 Å². The van der Waals surface area contributed by atoms with Crippen molar-refractivity contribution in [2.75, 3.05) is 13.1 Å². The van der Waals surface area contributed by atoms with E-state index in [2.05, 4.69) is 10.0 Å². The van der Waals surface area contributed by atoms with Crippen LogP contribution in [0.4, 0.5) is 4.39 Å². The second-order valence-corrected chi connectivity index (χ2v) is 6.01. The summed E-state index contributed by atoms with van der Waals surface area (Å²) in [5.41, 5.74) is 0. The second kappa shape index (κ2) is 6.63. The average molecular weight is 288 g/mol. The molecule has 0 heterocycles. The largest absolute Gasteiger partial charge is 0.355 e. The van der Waals surface area contributed by atoms with E-state index in [0.717, 1.165) is 6.07 Å². The highest BCUT2D eigenvalue weighted by Gasteiger charge is 2.17. The molecule has 0 saturated heterocycles. The molecule has 1 aromatic rings. The van der Waals surface area contributed by atoms with Crippen LogP contribution in [0.1, 0.15) is 13.8 Å². The van der Waals surface area contributed by atoms with Crippen LogP contribution in [0.15, 0.2) is 29.2 Å². The van der Waals surface area contributed by atoms with Crippen molar-refractivity contribution < 1.29 is 17.6 Å². The van der Waals surface area contributed by atoms with E-state index < -0.39 is 20.7 Å². The number of rotatable bonds is 6. The molecule has 0 aromatic heterocycles. The van der Waals surface area contributed by atoms with Gasteiger partial charge in [0, 0.05) is 19.0 Å². The van der Waals surface area contributed by atoms with Crippen LogP contribution in [-0.4, -0.2) is 27.4 Å². The molecular formula is C12H17FN2O3S. The van der Waals surface area contributed by atoms with E-state index in [-0.39, 0.29) is 24.9 Å². The molecule has 1 rings (SSSR count). The molecule has 0 fully saturated rings. The van der Waals surface area contributed by atoms with Crippen molar-refractivity contribution >= 4 is 15.9 Å². The summed E-state index contributed by atoms with van der Waals surface area (Å²) in [7, 11) is -3.89. The predicted octanol–water partition coefficient (Wildman–Crippen LogP) is 0.876. The summed E-state index contributed by atoms with van der Waals surface area (Å²) in [5.74, 6) is -1.13. The Bertz CT molecular complexity index is 544. The van der Waals surface area contributed by atoms with Gasteiger partial charge in [0.15, 0.2) is 0 Å². The Kier molecular flexibility index (Phi) is 5.44. The minimum atomic E-state index is -3.89. The molecule has 0 aliphatic rings. The van der Waals surface area contributed by atoms with Crippen molar-refractivity contribution in [3.8, 4) is 0 Å². The van der Waals surface area contributed by atoms with Gasteiger partial charge in [0.2, 0.25) is 15.9 Å². The number of carbonyl (C=O) groups is 1. The molecule has 2 N–H and O–H groups in total.